The lowest BCUT2D eigenvalue weighted by Crippen LogP contribution is -2.45. The number of ether oxygens (including phenoxy) is 1. The fourth-order valence-electron chi connectivity index (χ4n) is 7.11. The van der Waals surface area contributed by atoms with Gasteiger partial charge in [0, 0.05) is 12.8 Å². The lowest BCUT2D eigenvalue weighted by molar-refractivity contribution is -0.143. The molecular weight excluding hydrogens is 731 g/mol. The number of hydrogen-bond acceptors (Lipinski definition) is 5. The molecule has 0 heterocycles. The molecule has 0 aromatic heterocycles. The van der Waals surface area contributed by atoms with Crippen molar-refractivity contribution >= 4 is 11.9 Å². The van der Waals surface area contributed by atoms with E-state index in [-0.39, 0.29) is 18.5 Å². The van der Waals surface area contributed by atoms with E-state index in [2.05, 4.69) is 67.8 Å². The minimum Gasteiger partial charge on any atom is -0.466 e. The first kappa shape index (κ1) is 56.6. The molecule has 3 N–H and O–H groups in total. The van der Waals surface area contributed by atoms with Crippen LogP contribution < -0.4 is 5.32 Å². The third-order valence-corrected chi connectivity index (χ3v) is 11.0. The Balaban J connectivity index is 3.51. The summed E-state index contributed by atoms with van der Waals surface area (Å²) < 4.78 is 5.43. The zero-order valence-electron chi connectivity index (χ0n) is 38.7. The molecule has 0 saturated carbocycles. The van der Waals surface area contributed by atoms with Crippen molar-refractivity contribution in [2.75, 3.05) is 13.2 Å². The molecule has 2 unspecified atom stereocenters. The number of rotatable bonds is 45. The highest BCUT2D eigenvalue weighted by atomic mass is 16.5. The molecule has 59 heavy (non-hydrogen) atoms. The van der Waals surface area contributed by atoms with E-state index < -0.39 is 12.1 Å². The highest BCUT2D eigenvalue weighted by Crippen LogP contribution is 2.14. The predicted octanol–water partition coefficient (Wildman–Crippen LogP) is 14.8. The normalized spacial score (nSPS) is 13.2. The van der Waals surface area contributed by atoms with Crippen LogP contribution in [0.2, 0.25) is 0 Å². The van der Waals surface area contributed by atoms with Gasteiger partial charge in [0.2, 0.25) is 5.91 Å². The number of hydrogen-bond donors (Lipinski definition) is 3. The Kier molecular flexibility index (Phi) is 46.2. The average Bonchev–Trinajstić information content (AvgIpc) is 3.24. The Morgan fingerprint density at radius 2 is 0.915 bits per heavy atom. The van der Waals surface area contributed by atoms with Crippen molar-refractivity contribution in [1.29, 1.82) is 0 Å². The molecule has 1 amide bonds. The first-order chi connectivity index (χ1) is 29.0. The van der Waals surface area contributed by atoms with Gasteiger partial charge in [0.25, 0.3) is 0 Å². The average molecular weight is 826 g/mol. The molecule has 0 rings (SSSR count). The van der Waals surface area contributed by atoms with Gasteiger partial charge in [-0.1, -0.05) is 197 Å². The van der Waals surface area contributed by atoms with Gasteiger partial charge < -0.3 is 20.3 Å². The molecule has 0 aliphatic carbocycles. The van der Waals surface area contributed by atoms with E-state index in [9.17, 15) is 19.8 Å². The standard InChI is InChI=1S/C53H95NO5/c1-3-5-7-9-11-13-14-15-24-27-31-35-39-43-47-53(58)59-48-44-40-36-32-28-25-22-20-18-16-17-19-21-23-26-30-34-38-42-46-52(57)54-50(49-55)51(56)45-41-37-33-29-12-10-8-6-4-2/h9,11,14-15,20,22,25,28,41,45,50-51,55-56H,3-8,10,12-13,16-19,21,23-24,26-27,29-40,42-44,46-49H2,1-2H3,(H,54,57)/b11-9-,15-14-,22-20-,28-25-,45-41+. The largest absolute Gasteiger partial charge is 0.466 e. The Morgan fingerprint density at radius 3 is 1.44 bits per heavy atom. The highest BCUT2D eigenvalue weighted by Gasteiger charge is 2.18. The van der Waals surface area contributed by atoms with Crippen LogP contribution in [-0.2, 0) is 14.3 Å². The van der Waals surface area contributed by atoms with Crippen molar-refractivity contribution in [1.82, 2.24) is 5.32 Å². The van der Waals surface area contributed by atoms with Crippen molar-refractivity contribution < 1.29 is 24.5 Å². The number of allylic oxidation sites excluding steroid dienone is 9. The van der Waals surface area contributed by atoms with Crippen LogP contribution in [0.15, 0.2) is 60.8 Å². The molecule has 0 aliphatic rings. The molecule has 6 nitrogen and oxygen atoms in total. The van der Waals surface area contributed by atoms with Gasteiger partial charge in [0.05, 0.1) is 25.4 Å². The van der Waals surface area contributed by atoms with Crippen molar-refractivity contribution in [3.63, 3.8) is 0 Å². The summed E-state index contributed by atoms with van der Waals surface area (Å²) in [6.07, 6.45) is 60.8. The molecule has 0 radical (unpaired) electrons. The maximum atomic E-state index is 12.4. The van der Waals surface area contributed by atoms with E-state index in [1.807, 2.05) is 6.08 Å². The van der Waals surface area contributed by atoms with Crippen molar-refractivity contribution in [3.8, 4) is 0 Å². The molecule has 0 aromatic carbocycles. The number of aliphatic hydroxyl groups excluding tert-OH is 2. The summed E-state index contributed by atoms with van der Waals surface area (Å²) in [4.78, 5) is 24.3. The van der Waals surface area contributed by atoms with Gasteiger partial charge in [-0.15, -0.1) is 0 Å². The van der Waals surface area contributed by atoms with Gasteiger partial charge in [-0.3, -0.25) is 9.59 Å². The maximum Gasteiger partial charge on any atom is 0.305 e. The lowest BCUT2D eigenvalue weighted by Gasteiger charge is -2.20. The van der Waals surface area contributed by atoms with Crippen LogP contribution in [0.5, 0.6) is 0 Å². The van der Waals surface area contributed by atoms with Crippen molar-refractivity contribution in [2.45, 2.75) is 251 Å². The second-order valence-corrected chi connectivity index (χ2v) is 16.8. The minimum absolute atomic E-state index is 0.0303. The zero-order chi connectivity index (χ0) is 43.0. The van der Waals surface area contributed by atoms with E-state index in [0.717, 1.165) is 89.9 Å². The lowest BCUT2D eigenvalue weighted by atomic mass is 10.0. The number of esters is 1. The molecule has 0 saturated heterocycles. The van der Waals surface area contributed by atoms with Gasteiger partial charge in [0.1, 0.15) is 0 Å². The molecule has 0 bridgehead atoms. The summed E-state index contributed by atoms with van der Waals surface area (Å²) in [5.74, 6) is -0.113. The highest BCUT2D eigenvalue weighted by molar-refractivity contribution is 5.76. The van der Waals surface area contributed by atoms with Crippen LogP contribution in [0.4, 0.5) is 0 Å². The van der Waals surface area contributed by atoms with Crippen LogP contribution in [0.25, 0.3) is 0 Å². The summed E-state index contributed by atoms with van der Waals surface area (Å²) in [5.41, 5.74) is 0. The van der Waals surface area contributed by atoms with Gasteiger partial charge in [-0.05, 0) is 89.9 Å². The molecule has 0 fully saturated rings. The van der Waals surface area contributed by atoms with E-state index in [1.54, 1.807) is 6.08 Å². The summed E-state index contributed by atoms with van der Waals surface area (Å²) in [6, 6.07) is -0.635. The maximum absolute atomic E-state index is 12.4. The second-order valence-electron chi connectivity index (χ2n) is 16.8. The molecule has 2 atom stereocenters. The number of unbranched alkanes of at least 4 members (excludes halogenated alkanes) is 27. The van der Waals surface area contributed by atoms with E-state index in [0.29, 0.717) is 19.4 Å². The van der Waals surface area contributed by atoms with Gasteiger partial charge >= 0.3 is 5.97 Å². The Morgan fingerprint density at radius 1 is 0.492 bits per heavy atom. The number of aliphatic hydroxyl groups is 2. The number of nitrogens with one attached hydrogen (secondary N) is 1. The Labute approximate surface area is 365 Å². The summed E-state index contributed by atoms with van der Waals surface area (Å²) in [7, 11) is 0. The van der Waals surface area contributed by atoms with Gasteiger partial charge in [-0.2, -0.15) is 0 Å². The smallest absolute Gasteiger partial charge is 0.305 e. The first-order valence-corrected chi connectivity index (χ1v) is 25.1. The minimum atomic E-state index is -0.850. The van der Waals surface area contributed by atoms with Gasteiger partial charge in [-0.25, -0.2) is 0 Å². The van der Waals surface area contributed by atoms with E-state index in [1.165, 1.54) is 122 Å². The zero-order valence-corrected chi connectivity index (χ0v) is 38.7. The second kappa shape index (κ2) is 48.2. The van der Waals surface area contributed by atoms with Crippen LogP contribution in [0.3, 0.4) is 0 Å². The number of carbonyl (C=O) groups is 2. The van der Waals surface area contributed by atoms with E-state index >= 15 is 0 Å². The van der Waals surface area contributed by atoms with Crippen LogP contribution in [-0.4, -0.2) is 47.4 Å². The predicted molar refractivity (Wildman–Crippen MR) is 255 cm³/mol. The monoisotopic (exact) mass is 826 g/mol. The van der Waals surface area contributed by atoms with Crippen LogP contribution in [0, 0.1) is 0 Å². The first-order valence-electron chi connectivity index (χ1n) is 25.1. The molecular formula is C53H95NO5. The third-order valence-electron chi connectivity index (χ3n) is 11.0. The van der Waals surface area contributed by atoms with Crippen LogP contribution >= 0.6 is 0 Å². The van der Waals surface area contributed by atoms with Crippen molar-refractivity contribution in [3.05, 3.63) is 60.8 Å². The Hall–Kier alpha value is -2.44. The topological polar surface area (TPSA) is 95.9 Å². The molecule has 0 aromatic rings. The third kappa shape index (κ3) is 44.9. The molecule has 6 heteroatoms. The summed E-state index contributed by atoms with van der Waals surface area (Å²) in [6.45, 7) is 4.77. The van der Waals surface area contributed by atoms with Crippen molar-refractivity contribution in [2.24, 2.45) is 0 Å². The Bertz CT molecular complexity index is 1050. The quantitative estimate of drug-likeness (QED) is 0.0246. The van der Waals surface area contributed by atoms with Gasteiger partial charge in [0.15, 0.2) is 0 Å². The van der Waals surface area contributed by atoms with Crippen LogP contribution in [0.1, 0.15) is 239 Å². The molecule has 0 aliphatic heterocycles. The fraction of sp³-hybridized carbons (Fsp3) is 0.774. The molecule has 0 spiro atoms. The molecule has 342 valence electrons. The SMILES string of the molecule is CCCC/C=C\C/C=C\CCCCCCCC(=O)OCCCCC/C=C\C=C/CCCCCCCCCCCCC(=O)NC(CO)C(O)/C=C/CCCCCCCCC. The number of carbonyl (C=O) groups excluding carboxylic acids is 2. The van der Waals surface area contributed by atoms with E-state index in [4.69, 9.17) is 4.74 Å². The summed E-state index contributed by atoms with van der Waals surface area (Å²) in [5, 5.41) is 22.9. The summed E-state index contributed by atoms with van der Waals surface area (Å²) >= 11 is 0. The number of amides is 1. The fourth-order valence-corrected chi connectivity index (χ4v) is 7.11.